The van der Waals surface area contributed by atoms with Gasteiger partial charge in [0.25, 0.3) is 5.56 Å². The third-order valence-electron chi connectivity index (χ3n) is 5.24. The number of benzene rings is 1. The van der Waals surface area contributed by atoms with Crippen LogP contribution in [0.3, 0.4) is 0 Å². The predicted octanol–water partition coefficient (Wildman–Crippen LogP) is 3.48. The number of amides is 1. The summed E-state index contributed by atoms with van der Waals surface area (Å²) in [4.78, 5) is 30.8. The number of rotatable bonds is 5. The molecule has 2 aromatic heterocycles. The van der Waals surface area contributed by atoms with Crippen molar-refractivity contribution in [3.05, 3.63) is 67.9 Å². The molecular weight excluding hydrogens is 378 g/mol. The largest absolute Gasteiger partial charge is 0.324 e. The number of carbonyl (C=O) groups is 1. The number of nitrogens with one attached hydrogen (secondary N) is 1. The zero-order valence-electron chi connectivity index (χ0n) is 18.8. The summed E-state index contributed by atoms with van der Waals surface area (Å²) in [6.07, 6.45) is 0.548. The van der Waals surface area contributed by atoms with E-state index in [0.717, 1.165) is 33.8 Å². The quantitative estimate of drug-likeness (QED) is 0.702. The lowest BCUT2D eigenvalue weighted by Crippen LogP contribution is -2.34. The molecule has 0 saturated carbocycles. The van der Waals surface area contributed by atoms with E-state index in [9.17, 15) is 9.59 Å². The first-order valence-electron chi connectivity index (χ1n) is 10.1. The van der Waals surface area contributed by atoms with Gasteiger partial charge in [0, 0.05) is 16.9 Å². The van der Waals surface area contributed by atoms with Gasteiger partial charge in [-0.05, 0) is 65.2 Å². The van der Waals surface area contributed by atoms with Gasteiger partial charge in [-0.3, -0.25) is 14.2 Å². The average Bonchev–Trinajstić information content (AvgIpc) is 2.98. The Morgan fingerprint density at radius 1 is 1.03 bits per heavy atom. The van der Waals surface area contributed by atoms with Crippen LogP contribution < -0.4 is 10.9 Å². The fourth-order valence-electron chi connectivity index (χ4n) is 3.93. The van der Waals surface area contributed by atoms with E-state index in [-0.39, 0.29) is 18.0 Å². The molecule has 7 nitrogen and oxygen atoms in total. The fourth-order valence-corrected chi connectivity index (χ4v) is 3.93. The van der Waals surface area contributed by atoms with Crippen LogP contribution in [0.25, 0.3) is 5.95 Å². The van der Waals surface area contributed by atoms with Crippen LogP contribution in [0.2, 0.25) is 0 Å². The second kappa shape index (κ2) is 8.26. The summed E-state index contributed by atoms with van der Waals surface area (Å²) in [6, 6.07) is 5.97. The van der Waals surface area contributed by atoms with E-state index in [1.165, 1.54) is 4.57 Å². The maximum Gasteiger partial charge on any atom is 0.258 e. The molecule has 158 valence electrons. The van der Waals surface area contributed by atoms with Crippen LogP contribution in [0, 0.1) is 41.5 Å². The minimum absolute atomic E-state index is 0.139. The molecule has 0 spiro atoms. The van der Waals surface area contributed by atoms with Crippen LogP contribution in [0.4, 0.5) is 5.69 Å². The van der Waals surface area contributed by atoms with Gasteiger partial charge in [0.05, 0.1) is 11.4 Å². The Balaban J connectivity index is 2.06. The average molecular weight is 408 g/mol. The number of hydrogen-bond acceptors (Lipinski definition) is 4. The monoisotopic (exact) mass is 407 g/mol. The molecule has 1 amide bonds. The third-order valence-corrected chi connectivity index (χ3v) is 5.24. The standard InChI is InChI=1S/C23H29N5O2/c1-8-19-18(7)24-23(28-17(6)11-16(5)26-28)27(22(19)30)12-20(29)25-21-14(3)9-13(2)10-15(21)4/h9-11H,8,12H2,1-7H3,(H,25,29). The molecule has 0 fully saturated rings. The van der Waals surface area contributed by atoms with Gasteiger partial charge in [0.15, 0.2) is 0 Å². The first-order valence-corrected chi connectivity index (χ1v) is 10.1. The van der Waals surface area contributed by atoms with Crippen molar-refractivity contribution in [1.82, 2.24) is 19.3 Å². The molecule has 30 heavy (non-hydrogen) atoms. The second-order valence-electron chi connectivity index (χ2n) is 7.88. The summed E-state index contributed by atoms with van der Waals surface area (Å²) in [7, 11) is 0. The highest BCUT2D eigenvalue weighted by molar-refractivity contribution is 5.92. The van der Waals surface area contributed by atoms with Gasteiger partial charge in [-0.15, -0.1) is 0 Å². The number of nitrogens with zero attached hydrogens (tertiary/aromatic N) is 4. The molecule has 0 saturated heterocycles. The van der Waals surface area contributed by atoms with Gasteiger partial charge in [-0.1, -0.05) is 24.6 Å². The van der Waals surface area contributed by atoms with Crippen LogP contribution in [0.15, 0.2) is 23.0 Å². The molecular formula is C23H29N5O2. The van der Waals surface area contributed by atoms with Gasteiger partial charge in [0.2, 0.25) is 11.9 Å². The number of aromatic nitrogens is 4. The van der Waals surface area contributed by atoms with Crippen LogP contribution in [0.5, 0.6) is 0 Å². The Bertz CT molecular complexity index is 1160. The molecule has 1 N–H and O–H groups in total. The summed E-state index contributed by atoms with van der Waals surface area (Å²) < 4.78 is 3.04. The maximum absolute atomic E-state index is 13.2. The normalized spacial score (nSPS) is 11.0. The lowest BCUT2D eigenvalue weighted by Gasteiger charge is -2.17. The topological polar surface area (TPSA) is 81.8 Å². The van der Waals surface area contributed by atoms with E-state index in [1.54, 1.807) is 4.68 Å². The highest BCUT2D eigenvalue weighted by atomic mass is 16.2. The van der Waals surface area contributed by atoms with Crippen LogP contribution in [0.1, 0.15) is 46.3 Å². The van der Waals surface area contributed by atoms with Crippen molar-refractivity contribution in [2.75, 3.05) is 5.32 Å². The summed E-state index contributed by atoms with van der Waals surface area (Å²) >= 11 is 0. The summed E-state index contributed by atoms with van der Waals surface area (Å²) in [6.45, 7) is 13.3. The Labute approximate surface area is 176 Å². The second-order valence-corrected chi connectivity index (χ2v) is 7.88. The molecule has 0 aliphatic rings. The number of anilines is 1. The lowest BCUT2D eigenvalue weighted by atomic mass is 10.1. The van der Waals surface area contributed by atoms with Crippen molar-refractivity contribution in [2.45, 2.75) is 61.4 Å². The molecule has 0 radical (unpaired) electrons. The molecule has 3 rings (SSSR count). The highest BCUT2D eigenvalue weighted by Gasteiger charge is 2.19. The summed E-state index contributed by atoms with van der Waals surface area (Å²) in [5.41, 5.74) is 6.63. The van der Waals surface area contributed by atoms with Crippen molar-refractivity contribution in [3.8, 4) is 5.95 Å². The molecule has 7 heteroatoms. The van der Waals surface area contributed by atoms with Crippen molar-refractivity contribution in [2.24, 2.45) is 0 Å². The molecule has 2 heterocycles. The Morgan fingerprint density at radius 3 is 2.20 bits per heavy atom. The zero-order chi connectivity index (χ0) is 22.2. The summed E-state index contributed by atoms with van der Waals surface area (Å²) in [5, 5.41) is 7.45. The SMILES string of the molecule is CCc1c(C)nc(-n2nc(C)cc2C)n(CC(=O)Nc2c(C)cc(C)cc2C)c1=O. The molecule has 0 bridgehead atoms. The number of carbonyl (C=O) groups excluding carboxylic acids is 1. The van der Waals surface area contributed by atoms with Crippen LogP contribution >= 0.6 is 0 Å². The van der Waals surface area contributed by atoms with Crippen molar-refractivity contribution < 1.29 is 4.79 Å². The predicted molar refractivity (Wildman–Crippen MR) is 118 cm³/mol. The molecule has 1 aromatic carbocycles. The first kappa shape index (κ1) is 21.5. The van der Waals surface area contributed by atoms with Crippen molar-refractivity contribution in [3.63, 3.8) is 0 Å². The van der Waals surface area contributed by atoms with E-state index in [4.69, 9.17) is 0 Å². The van der Waals surface area contributed by atoms with E-state index in [0.29, 0.717) is 23.6 Å². The molecule has 0 unspecified atom stereocenters. The fraction of sp³-hybridized carbons (Fsp3) is 0.391. The molecule has 0 atom stereocenters. The van der Waals surface area contributed by atoms with Gasteiger partial charge in [-0.25, -0.2) is 9.67 Å². The van der Waals surface area contributed by atoms with Crippen molar-refractivity contribution >= 4 is 11.6 Å². The smallest absolute Gasteiger partial charge is 0.258 e. The first-order chi connectivity index (χ1) is 14.1. The van der Waals surface area contributed by atoms with E-state index < -0.39 is 0 Å². The van der Waals surface area contributed by atoms with Crippen LogP contribution in [-0.4, -0.2) is 25.2 Å². The van der Waals surface area contributed by atoms with Gasteiger partial charge >= 0.3 is 0 Å². The zero-order valence-corrected chi connectivity index (χ0v) is 18.8. The van der Waals surface area contributed by atoms with E-state index in [1.807, 2.05) is 66.7 Å². The van der Waals surface area contributed by atoms with Crippen molar-refractivity contribution in [1.29, 1.82) is 0 Å². The maximum atomic E-state index is 13.2. The lowest BCUT2D eigenvalue weighted by molar-refractivity contribution is -0.116. The van der Waals surface area contributed by atoms with Gasteiger partial charge in [-0.2, -0.15) is 5.10 Å². The molecule has 3 aromatic rings. The molecule has 0 aliphatic heterocycles. The van der Waals surface area contributed by atoms with Gasteiger partial charge < -0.3 is 5.32 Å². The molecule has 0 aliphatic carbocycles. The van der Waals surface area contributed by atoms with Crippen LogP contribution in [-0.2, 0) is 17.8 Å². The van der Waals surface area contributed by atoms with Gasteiger partial charge in [0.1, 0.15) is 6.54 Å². The van der Waals surface area contributed by atoms with E-state index in [2.05, 4.69) is 15.4 Å². The highest BCUT2D eigenvalue weighted by Crippen LogP contribution is 2.22. The Kier molecular flexibility index (Phi) is 5.92. The minimum atomic E-state index is -0.275. The minimum Gasteiger partial charge on any atom is -0.324 e. The Morgan fingerprint density at radius 2 is 1.67 bits per heavy atom. The number of aryl methyl sites for hydroxylation is 6. The number of hydrogen-bond donors (Lipinski definition) is 1. The van der Waals surface area contributed by atoms with E-state index >= 15 is 0 Å². The third kappa shape index (κ3) is 4.06. The summed E-state index contributed by atoms with van der Waals surface area (Å²) in [5.74, 6) is 0.0791. The Hall–Kier alpha value is -3.22.